The molecule has 3 rings (SSSR count). The predicted molar refractivity (Wildman–Crippen MR) is 136 cm³/mol. The summed E-state index contributed by atoms with van der Waals surface area (Å²) in [7, 11) is 0. The van der Waals surface area contributed by atoms with E-state index in [9.17, 15) is 32.7 Å². The number of aliphatic hydroxyl groups excluding tert-OH is 1. The largest absolute Gasteiger partial charge is 0.445 e. The van der Waals surface area contributed by atoms with Gasteiger partial charge in [0.05, 0.1) is 18.6 Å². The van der Waals surface area contributed by atoms with Crippen LogP contribution in [0.25, 0.3) is 0 Å². The topological polar surface area (TPSA) is 134 Å². The van der Waals surface area contributed by atoms with Gasteiger partial charge in [-0.05, 0) is 36.9 Å². The number of likely N-dealkylation sites (tertiary alicyclic amines) is 1. The third-order valence-corrected chi connectivity index (χ3v) is 6.48. The summed E-state index contributed by atoms with van der Waals surface area (Å²) in [5, 5.41) is 15.9. The van der Waals surface area contributed by atoms with Gasteiger partial charge in [0.1, 0.15) is 18.7 Å². The van der Waals surface area contributed by atoms with Gasteiger partial charge in [-0.3, -0.25) is 14.5 Å². The number of nitrogens with zero attached hydrogens (tertiary/aromatic N) is 1. The van der Waals surface area contributed by atoms with Crippen LogP contribution in [0.5, 0.6) is 0 Å². The van der Waals surface area contributed by atoms with Gasteiger partial charge in [-0.25, -0.2) is 4.79 Å². The molecule has 1 saturated heterocycles. The summed E-state index contributed by atoms with van der Waals surface area (Å²) < 4.78 is 45.5. The van der Waals surface area contributed by atoms with Crippen molar-refractivity contribution in [2.75, 3.05) is 13.1 Å². The van der Waals surface area contributed by atoms with Crippen molar-refractivity contribution in [3.05, 3.63) is 71.8 Å². The third-order valence-electron chi connectivity index (χ3n) is 6.48. The lowest BCUT2D eigenvalue weighted by atomic mass is 9.99. The van der Waals surface area contributed by atoms with Gasteiger partial charge in [-0.15, -0.1) is 0 Å². The van der Waals surface area contributed by atoms with Crippen molar-refractivity contribution in [1.82, 2.24) is 15.5 Å². The molecule has 0 aliphatic carbocycles. The molecule has 9 nitrogen and oxygen atoms in total. The smallest absolute Gasteiger partial charge is 0.408 e. The fourth-order valence-electron chi connectivity index (χ4n) is 4.53. The number of hydrogen-bond acceptors (Lipinski definition) is 6. The number of primary amides is 1. The number of alkyl carbamates (subject to hydrolysis) is 1. The third kappa shape index (κ3) is 9.56. The molecule has 1 heterocycles. The lowest BCUT2D eigenvalue weighted by Gasteiger charge is -2.32. The number of halogens is 3. The Morgan fingerprint density at radius 3 is 2.23 bits per heavy atom. The lowest BCUT2D eigenvalue weighted by Crippen LogP contribution is -2.56. The summed E-state index contributed by atoms with van der Waals surface area (Å²) in [6.07, 6.45) is -6.97. The molecular weight excluding hydrogens is 517 g/mol. The quantitative estimate of drug-likeness (QED) is 0.321. The number of amides is 3. The molecule has 1 aliphatic heterocycles. The first-order valence-corrected chi connectivity index (χ1v) is 12.6. The first-order valence-electron chi connectivity index (χ1n) is 12.6. The van der Waals surface area contributed by atoms with Gasteiger partial charge in [0.25, 0.3) is 0 Å². The summed E-state index contributed by atoms with van der Waals surface area (Å²) >= 11 is 0. The summed E-state index contributed by atoms with van der Waals surface area (Å²) in [4.78, 5) is 38.3. The molecule has 3 amide bonds. The molecule has 0 bridgehead atoms. The number of rotatable bonds is 12. The molecular formula is C27H33F3N4O5. The fraction of sp³-hybridized carbons (Fsp3) is 0.444. The van der Waals surface area contributed by atoms with Crippen LogP contribution in [0, 0.1) is 0 Å². The van der Waals surface area contributed by atoms with E-state index in [1.165, 1.54) is 0 Å². The maximum absolute atomic E-state index is 13.5. The molecule has 1 fully saturated rings. The van der Waals surface area contributed by atoms with Crippen molar-refractivity contribution in [2.24, 2.45) is 5.73 Å². The zero-order chi connectivity index (χ0) is 28.4. The zero-order valence-corrected chi connectivity index (χ0v) is 21.3. The number of carbonyl (C=O) groups is 3. The first kappa shape index (κ1) is 29.9. The van der Waals surface area contributed by atoms with Gasteiger partial charge >= 0.3 is 12.3 Å². The highest BCUT2D eigenvalue weighted by atomic mass is 19.4. The Labute approximate surface area is 224 Å². The van der Waals surface area contributed by atoms with Gasteiger partial charge in [0, 0.05) is 6.54 Å². The number of β-amino-alcohol motifs (C(OH)–C–C–N with tert-alkyl or cyclic N) is 1. The molecule has 0 saturated carbocycles. The second-order valence-electron chi connectivity index (χ2n) is 9.50. The molecule has 4 atom stereocenters. The number of carbonyl (C=O) groups excluding carboxylic acids is 3. The first-order chi connectivity index (χ1) is 18.5. The van der Waals surface area contributed by atoms with Crippen LogP contribution in [0.2, 0.25) is 0 Å². The van der Waals surface area contributed by atoms with Crippen LogP contribution in [0.1, 0.15) is 30.4 Å². The number of nitrogens with one attached hydrogen (secondary N) is 2. The Kier molecular flexibility index (Phi) is 10.7. The Bertz CT molecular complexity index is 1090. The molecule has 2 aromatic carbocycles. The van der Waals surface area contributed by atoms with Crippen LogP contribution in [0.4, 0.5) is 18.0 Å². The minimum atomic E-state index is -4.44. The second-order valence-corrected chi connectivity index (χ2v) is 9.50. The molecule has 1 aliphatic rings. The van der Waals surface area contributed by atoms with E-state index < -0.39 is 54.7 Å². The number of alkyl halides is 3. The number of nitrogens with two attached hydrogens (primary N) is 1. The second kappa shape index (κ2) is 13.9. The molecule has 0 radical (unpaired) electrons. The zero-order valence-electron chi connectivity index (χ0n) is 21.3. The van der Waals surface area contributed by atoms with Crippen molar-refractivity contribution in [2.45, 2.75) is 62.7 Å². The van der Waals surface area contributed by atoms with Crippen molar-refractivity contribution in [3.8, 4) is 0 Å². The van der Waals surface area contributed by atoms with Crippen LogP contribution >= 0.6 is 0 Å². The highest BCUT2D eigenvalue weighted by Gasteiger charge is 2.46. The van der Waals surface area contributed by atoms with Gasteiger partial charge in [0.15, 0.2) is 0 Å². The summed E-state index contributed by atoms with van der Waals surface area (Å²) in [5.74, 6) is -1.71. The molecule has 0 unspecified atom stereocenters. The monoisotopic (exact) mass is 550 g/mol. The minimum absolute atomic E-state index is 0.0678. The summed E-state index contributed by atoms with van der Waals surface area (Å²) in [6, 6.07) is 13.4. The molecule has 212 valence electrons. The SMILES string of the molecule is NC(=O)C[C@H](NC(=O)OCc1ccccc1)C(=O)N[C@@H](Cc1ccccc1)[C@H](O)CN1CCC[C@H]1C(F)(F)F. The normalized spacial score (nSPS) is 18.1. The van der Waals surface area contributed by atoms with Gasteiger partial charge in [-0.1, -0.05) is 60.7 Å². The molecule has 0 aromatic heterocycles. The van der Waals surface area contributed by atoms with Crippen LogP contribution < -0.4 is 16.4 Å². The van der Waals surface area contributed by atoms with E-state index in [2.05, 4.69) is 10.6 Å². The van der Waals surface area contributed by atoms with Crippen molar-refractivity contribution in [1.29, 1.82) is 0 Å². The van der Waals surface area contributed by atoms with E-state index in [0.717, 1.165) is 10.5 Å². The van der Waals surface area contributed by atoms with Crippen LogP contribution in [-0.4, -0.2) is 71.4 Å². The standard InChI is InChI=1S/C27H33F3N4O5/c28-27(29,30)23-12-7-13-34(23)16-22(35)20(14-18-8-3-1-4-9-18)32-25(37)21(15-24(31)36)33-26(38)39-17-19-10-5-2-6-11-19/h1-6,8-11,20-23,35H,7,12-17H2,(H2,31,36)(H,32,37)(H,33,38)/t20-,21-,22+,23-/m0/s1. The Morgan fingerprint density at radius 1 is 1.03 bits per heavy atom. The average molecular weight is 551 g/mol. The molecule has 5 N–H and O–H groups in total. The van der Waals surface area contributed by atoms with Gasteiger partial charge < -0.3 is 26.2 Å². The van der Waals surface area contributed by atoms with E-state index >= 15 is 0 Å². The predicted octanol–water partition coefficient (Wildman–Crippen LogP) is 2.27. The average Bonchev–Trinajstić information content (AvgIpc) is 3.36. The number of aliphatic hydroxyl groups is 1. The van der Waals surface area contributed by atoms with E-state index in [1.54, 1.807) is 60.7 Å². The summed E-state index contributed by atoms with van der Waals surface area (Å²) in [5.41, 5.74) is 6.70. The molecule has 2 aromatic rings. The lowest BCUT2D eigenvalue weighted by molar-refractivity contribution is -0.178. The minimum Gasteiger partial charge on any atom is -0.445 e. The van der Waals surface area contributed by atoms with Crippen LogP contribution in [0.15, 0.2) is 60.7 Å². The highest BCUT2D eigenvalue weighted by Crippen LogP contribution is 2.32. The molecule has 12 heteroatoms. The van der Waals surface area contributed by atoms with Gasteiger partial charge in [-0.2, -0.15) is 13.2 Å². The Balaban J connectivity index is 1.70. The van der Waals surface area contributed by atoms with Gasteiger partial charge in [0.2, 0.25) is 11.8 Å². The van der Waals surface area contributed by atoms with E-state index in [0.29, 0.717) is 12.0 Å². The van der Waals surface area contributed by atoms with Crippen molar-refractivity contribution < 1.29 is 37.4 Å². The molecule has 0 spiro atoms. The number of hydrogen-bond donors (Lipinski definition) is 4. The number of benzene rings is 2. The van der Waals surface area contributed by atoms with E-state index in [4.69, 9.17) is 10.5 Å². The molecule has 39 heavy (non-hydrogen) atoms. The number of ether oxygens (including phenoxy) is 1. The fourth-order valence-corrected chi connectivity index (χ4v) is 4.53. The highest BCUT2D eigenvalue weighted by molar-refractivity contribution is 5.90. The Morgan fingerprint density at radius 2 is 1.64 bits per heavy atom. The van der Waals surface area contributed by atoms with Crippen molar-refractivity contribution >= 4 is 17.9 Å². The van der Waals surface area contributed by atoms with Crippen LogP contribution in [0.3, 0.4) is 0 Å². The van der Waals surface area contributed by atoms with E-state index in [-0.39, 0.29) is 32.5 Å². The van der Waals surface area contributed by atoms with Crippen molar-refractivity contribution in [3.63, 3.8) is 0 Å². The van der Waals surface area contributed by atoms with Crippen LogP contribution in [-0.2, 0) is 27.4 Å². The maximum Gasteiger partial charge on any atom is 0.408 e. The maximum atomic E-state index is 13.5. The Hall–Kier alpha value is -3.64. The summed E-state index contributed by atoms with van der Waals surface area (Å²) in [6.45, 7) is -0.246. The van der Waals surface area contributed by atoms with E-state index in [1.807, 2.05) is 0 Å².